The van der Waals surface area contributed by atoms with Gasteiger partial charge in [0.25, 0.3) is 0 Å². The number of halogens is 2. The first-order valence-corrected chi connectivity index (χ1v) is 5.31. The molecule has 2 nitrogen and oxygen atoms in total. The first-order valence-electron chi connectivity index (χ1n) is 4.55. The van der Waals surface area contributed by atoms with Gasteiger partial charge >= 0.3 is 0 Å². The Kier molecular flexibility index (Phi) is 3.22. The number of hydrogen-bond acceptors (Lipinski definition) is 1. The number of rotatable bonds is 2. The molecule has 0 spiro atoms. The molecule has 0 saturated heterocycles. The molecule has 0 saturated carbocycles. The molecule has 2 aromatic carbocycles. The molecule has 0 aliphatic heterocycles. The summed E-state index contributed by atoms with van der Waals surface area (Å²) in [5, 5.41) is 11.8. The van der Waals surface area contributed by atoms with Crippen LogP contribution in [-0.2, 0) is 5.11 Å². The molecule has 0 atom stereocenters. The van der Waals surface area contributed by atoms with Gasteiger partial charge in [0.15, 0.2) is 5.75 Å². The Morgan fingerprint density at radius 2 is 1.44 bits per heavy atom. The topological polar surface area (TPSA) is 29.1 Å². The van der Waals surface area contributed by atoms with Gasteiger partial charge < -0.3 is 4.74 Å². The zero-order valence-electron chi connectivity index (χ0n) is 8.11. The van der Waals surface area contributed by atoms with Crippen LogP contribution in [0.25, 0.3) is 0 Å². The summed E-state index contributed by atoms with van der Waals surface area (Å²) < 4.78 is 5.49. The van der Waals surface area contributed by atoms with Gasteiger partial charge in [-0.1, -0.05) is 23.2 Å². The lowest BCUT2D eigenvalue weighted by molar-refractivity contribution is 0.354. The van der Waals surface area contributed by atoms with E-state index in [2.05, 4.69) is 0 Å². The third-order valence-corrected chi connectivity index (χ3v) is 2.69. The number of ether oxygens (including phenoxy) is 1. The molecule has 4 heteroatoms. The van der Waals surface area contributed by atoms with E-state index in [9.17, 15) is 5.11 Å². The lowest BCUT2D eigenvalue weighted by atomic mass is 10.3. The van der Waals surface area contributed by atoms with Crippen LogP contribution in [0, 0.1) is 0 Å². The second-order valence-electron chi connectivity index (χ2n) is 3.15. The van der Waals surface area contributed by atoms with Crippen molar-refractivity contribution in [1.29, 1.82) is 0 Å². The molecule has 16 heavy (non-hydrogen) atoms. The summed E-state index contributed by atoms with van der Waals surface area (Å²) in [6, 6.07) is 11.1. The molecular weight excluding hydrogens is 247 g/mol. The molecule has 0 aromatic heterocycles. The summed E-state index contributed by atoms with van der Waals surface area (Å²) in [4.78, 5) is 0. The summed E-state index contributed by atoms with van der Waals surface area (Å²) in [5.74, 6) is 1.10. The smallest absolute Gasteiger partial charge is 0.178 e. The van der Waals surface area contributed by atoms with Gasteiger partial charge in [-0.25, -0.2) is 0 Å². The molecule has 2 aromatic rings. The van der Waals surface area contributed by atoms with Gasteiger partial charge in [-0.2, -0.15) is 0 Å². The molecule has 81 valence electrons. The Hall–Kier alpha value is -1.38. The summed E-state index contributed by atoms with van der Waals surface area (Å²) in [5.41, 5.74) is 0. The predicted molar refractivity (Wildman–Crippen MR) is 63.1 cm³/mol. The maximum Gasteiger partial charge on any atom is 0.178 e. The molecule has 2 rings (SSSR count). The summed E-state index contributed by atoms with van der Waals surface area (Å²) in [7, 11) is 0. The molecule has 0 aliphatic rings. The van der Waals surface area contributed by atoms with Crippen molar-refractivity contribution in [3.8, 4) is 17.2 Å². The minimum atomic E-state index is -0.0542. The average molecular weight is 254 g/mol. The van der Waals surface area contributed by atoms with E-state index < -0.39 is 0 Å². The van der Waals surface area contributed by atoms with Crippen molar-refractivity contribution in [1.82, 2.24) is 0 Å². The highest BCUT2D eigenvalue weighted by Gasteiger charge is 2.02. The van der Waals surface area contributed by atoms with Gasteiger partial charge in [0, 0.05) is 6.07 Å². The maximum absolute atomic E-state index is 10.9. The molecule has 1 radical (unpaired) electrons. The molecule has 0 bridgehead atoms. The van der Waals surface area contributed by atoms with Crippen molar-refractivity contribution < 1.29 is 9.84 Å². The van der Waals surface area contributed by atoms with Crippen molar-refractivity contribution in [2.45, 2.75) is 0 Å². The first-order chi connectivity index (χ1) is 7.65. The van der Waals surface area contributed by atoms with E-state index in [-0.39, 0.29) is 5.75 Å². The van der Waals surface area contributed by atoms with Crippen LogP contribution in [0.5, 0.6) is 17.2 Å². The summed E-state index contributed by atoms with van der Waals surface area (Å²) >= 11 is 11.6. The van der Waals surface area contributed by atoms with Crippen LogP contribution in [0.2, 0.25) is 10.0 Å². The van der Waals surface area contributed by atoms with Crippen molar-refractivity contribution in [2.75, 3.05) is 0 Å². The van der Waals surface area contributed by atoms with E-state index in [1.54, 1.807) is 30.3 Å². The fourth-order valence-electron chi connectivity index (χ4n) is 1.18. The van der Waals surface area contributed by atoms with Crippen LogP contribution in [0.15, 0.2) is 42.5 Å². The van der Waals surface area contributed by atoms with Crippen molar-refractivity contribution >= 4 is 23.2 Å². The second-order valence-corrected chi connectivity index (χ2v) is 3.96. The van der Waals surface area contributed by atoms with Gasteiger partial charge in [0.2, 0.25) is 0 Å². The molecule has 0 fully saturated rings. The fraction of sp³-hybridized carbons (Fsp3) is 0. The van der Waals surface area contributed by atoms with Gasteiger partial charge in [-0.15, -0.1) is 0 Å². The van der Waals surface area contributed by atoms with E-state index >= 15 is 0 Å². The van der Waals surface area contributed by atoms with Crippen LogP contribution in [-0.4, -0.2) is 0 Å². The maximum atomic E-state index is 10.9. The van der Waals surface area contributed by atoms with Gasteiger partial charge in [-0.05, 0) is 36.4 Å². The Labute approximate surface area is 103 Å². The van der Waals surface area contributed by atoms with Crippen LogP contribution < -0.4 is 4.74 Å². The monoisotopic (exact) mass is 253 g/mol. The lowest BCUT2D eigenvalue weighted by Gasteiger charge is -2.06. The number of benzene rings is 2. The van der Waals surface area contributed by atoms with E-state index in [0.717, 1.165) is 0 Å². The SMILES string of the molecule is [O]c1ccc(Oc2ccc(Cl)c(Cl)c2)cc1. The van der Waals surface area contributed by atoms with Crippen LogP contribution >= 0.6 is 23.2 Å². The molecule has 0 N–H and O–H groups in total. The van der Waals surface area contributed by atoms with Gasteiger partial charge in [0.05, 0.1) is 10.0 Å². The lowest BCUT2D eigenvalue weighted by Crippen LogP contribution is -1.83. The summed E-state index contributed by atoms with van der Waals surface area (Å²) in [6.07, 6.45) is 0. The van der Waals surface area contributed by atoms with E-state index in [4.69, 9.17) is 27.9 Å². The van der Waals surface area contributed by atoms with Gasteiger partial charge in [-0.3, -0.25) is 5.11 Å². The minimum Gasteiger partial charge on any atom is -0.457 e. The third kappa shape index (κ3) is 2.60. The minimum absolute atomic E-state index is 0.0542. The fourth-order valence-corrected chi connectivity index (χ4v) is 1.47. The largest absolute Gasteiger partial charge is 0.457 e. The van der Waals surface area contributed by atoms with E-state index in [1.165, 1.54) is 12.1 Å². The third-order valence-electron chi connectivity index (χ3n) is 1.95. The Bertz CT molecular complexity index is 495. The van der Waals surface area contributed by atoms with Crippen LogP contribution in [0.3, 0.4) is 0 Å². The second kappa shape index (κ2) is 4.64. The average Bonchev–Trinajstić information content (AvgIpc) is 2.27. The quantitative estimate of drug-likeness (QED) is 0.746. The standard InChI is InChI=1S/C12H7Cl2O2/c13-11-6-5-10(7-12(11)14)16-9-3-1-8(15)2-4-9/h1-7H. The highest BCUT2D eigenvalue weighted by atomic mass is 35.5. The van der Waals surface area contributed by atoms with Gasteiger partial charge in [0.1, 0.15) is 11.5 Å². The van der Waals surface area contributed by atoms with Crippen molar-refractivity contribution in [2.24, 2.45) is 0 Å². The van der Waals surface area contributed by atoms with Crippen molar-refractivity contribution in [3.63, 3.8) is 0 Å². The highest BCUT2D eigenvalue weighted by molar-refractivity contribution is 6.42. The van der Waals surface area contributed by atoms with Crippen LogP contribution in [0.1, 0.15) is 0 Å². The van der Waals surface area contributed by atoms with E-state index in [0.29, 0.717) is 21.5 Å². The predicted octanol–water partition coefficient (Wildman–Crippen LogP) is 4.93. The normalized spacial score (nSPS) is 10.1. The molecule has 0 heterocycles. The zero-order chi connectivity index (χ0) is 11.5. The Morgan fingerprint density at radius 3 is 2.06 bits per heavy atom. The van der Waals surface area contributed by atoms with Crippen molar-refractivity contribution in [3.05, 3.63) is 52.5 Å². The highest BCUT2D eigenvalue weighted by Crippen LogP contribution is 2.29. The molecular formula is C12H7Cl2O2. The van der Waals surface area contributed by atoms with Crippen LogP contribution in [0.4, 0.5) is 0 Å². The molecule has 0 unspecified atom stereocenters. The zero-order valence-corrected chi connectivity index (χ0v) is 9.63. The number of hydrogen-bond donors (Lipinski definition) is 0. The summed E-state index contributed by atoms with van der Waals surface area (Å²) in [6.45, 7) is 0. The Balaban J connectivity index is 2.20. The Morgan fingerprint density at radius 1 is 0.812 bits per heavy atom. The molecule has 0 aliphatic carbocycles. The first kappa shape index (κ1) is 11.1. The van der Waals surface area contributed by atoms with E-state index in [1.807, 2.05) is 0 Å². The molecule has 0 amide bonds.